The van der Waals surface area contributed by atoms with Gasteiger partial charge in [-0.1, -0.05) is 61.4 Å². The molecular weight excluding hydrogens is 532 g/mol. The number of benzene rings is 3. The fraction of sp³-hybridized carbons (Fsp3) is 0.382. The number of nitrogens with zero attached hydrogens (tertiary/aromatic N) is 2. The van der Waals surface area contributed by atoms with Crippen LogP contribution in [0.15, 0.2) is 66.7 Å². The standard InChI is InChI=1S/C34H36N2O6/c1-3-40-34(38)29-19-28-26(17-18-30(39-2)32(28)41-22-24-15-13-23(20-35)14-16-24)21-36(29)33(37)31(25-9-5-4-6-10-25)42-27-11-7-8-12-27/h4-6,9-10,13-18,27,29,31H,3,7-8,11-12,19,21-22H2,1-2H3/t29-,31-/m0/s1. The minimum Gasteiger partial charge on any atom is -0.493 e. The first kappa shape index (κ1) is 29.2. The highest BCUT2D eigenvalue weighted by Gasteiger charge is 2.41. The Labute approximate surface area is 246 Å². The second kappa shape index (κ2) is 13.5. The van der Waals surface area contributed by atoms with E-state index >= 15 is 0 Å². The van der Waals surface area contributed by atoms with Crippen molar-refractivity contribution in [2.24, 2.45) is 0 Å². The maximum atomic E-state index is 14.3. The lowest BCUT2D eigenvalue weighted by molar-refractivity contribution is -0.163. The van der Waals surface area contributed by atoms with Gasteiger partial charge in [0, 0.05) is 18.5 Å². The van der Waals surface area contributed by atoms with E-state index in [-0.39, 0.29) is 38.2 Å². The summed E-state index contributed by atoms with van der Waals surface area (Å²) in [6.45, 7) is 2.40. The number of hydrogen-bond donors (Lipinski definition) is 0. The van der Waals surface area contributed by atoms with Crippen LogP contribution in [0.3, 0.4) is 0 Å². The number of rotatable bonds is 10. The van der Waals surface area contributed by atoms with Gasteiger partial charge in [-0.15, -0.1) is 0 Å². The largest absolute Gasteiger partial charge is 0.493 e. The maximum Gasteiger partial charge on any atom is 0.329 e. The molecule has 1 fully saturated rings. The topological polar surface area (TPSA) is 98.1 Å². The van der Waals surface area contributed by atoms with Gasteiger partial charge in [0.25, 0.3) is 5.91 Å². The van der Waals surface area contributed by atoms with E-state index in [9.17, 15) is 9.59 Å². The number of carbonyl (C=O) groups excluding carboxylic acids is 2. The summed E-state index contributed by atoms with van der Waals surface area (Å²) >= 11 is 0. The third-order valence-electron chi connectivity index (χ3n) is 7.92. The van der Waals surface area contributed by atoms with Crippen LogP contribution in [-0.4, -0.2) is 42.6 Å². The SMILES string of the molecule is CCOC(=O)[C@@H]1Cc2c(ccc(OC)c2OCc2ccc(C#N)cc2)CN1C(=O)[C@@H](OC1CCCC1)c1ccccc1. The minimum absolute atomic E-state index is 0.00349. The highest BCUT2D eigenvalue weighted by Crippen LogP contribution is 2.40. The van der Waals surface area contributed by atoms with Crippen LogP contribution >= 0.6 is 0 Å². The molecule has 3 aromatic carbocycles. The first-order valence-electron chi connectivity index (χ1n) is 14.5. The van der Waals surface area contributed by atoms with Crippen LogP contribution in [0.5, 0.6) is 11.5 Å². The average Bonchev–Trinajstić information content (AvgIpc) is 3.55. The van der Waals surface area contributed by atoms with E-state index < -0.39 is 18.1 Å². The van der Waals surface area contributed by atoms with Crippen LogP contribution in [0.2, 0.25) is 0 Å². The molecule has 2 aliphatic rings. The molecule has 1 heterocycles. The zero-order valence-electron chi connectivity index (χ0n) is 24.1. The summed E-state index contributed by atoms with van der Waals surface area (Å²) in [6.07, 6.45) is 3.39. The van der Waals surface area contributed by atoms with Gasteiger partial charge < -0.3 is 23.8 Å². The normalized spacial score (nSPS) is 17.2. The lowest BCUT2D eigenvalue weighted by Crippen LogP contribution is -2.51. The van der Waals surface area contributed by atoms with Crippen molar-refractivity contribution in [2.75, 3.05) is 13.7 Å². The van der Waals surface area contributed by atoms with Gasteiger partial charge in [-0.2, -0.15) is 5.26 Å². The molecule has 42 heavy (non-hydrogen) atoms. The van der Waals surface area contributed by atoms with E-state index in [1.54, 1.807) is 31.1 Å². The highest BCUT2D eigenvalue weighted by atomic mass is 16.5. The van der Waals surface area contributed by atoms with Gasteiger partial charge in [-0.25, -0.2) is 4.79 Å². The summed E-state index contributed by atoms with van der Waals surface area (Å²) in [5, 5.41) is 9.10. The zero-order valence-corrected chi connectivity index (χ0v) is 24.1. The number of hydrogen-bond acceptors (Lipinski definition) is 7. The van der Waals surface area contributed by atoms with E-state index in [1.807, 2.05) is 54.6 Å². The Morgan fingerprint density at radius 3 is 2.43 bits per heavy atom. The second-order valence-electron chi connectivity index (χ2n) is 10.6. The summed E-state index contributed by atoms with van der Waals surface area (Å²) in [4.78, 5) is 29.3. The number of carbonyl (C=O) groups is 2. The molecule has 8 heteroatoms. The van der Waals surface area contributed by atoms with Gasteiger partial charge >= 0.3 is 5.97 Å². The molecule has 0 bridgehead atoms. The highest BCUT2D eigenvalue weighted by molar-refractivity contribution is 5.89. The summed E-state index contributed by atoms with van der Waals surface area (Å²) < 4.78 is 23.8. The van der Waals surface area contributed by atoms with E-state index in [4.69, 9.17) is 24.2 Å². The van der Waals surface area contributed by atoms with Crippen molar-refractivity contribution >= 4 is 11.9 Å². The van der Waals surface area contributed by atoms with Crippen molar-refractivity contribution < 1.29 is 28.5 Å². The van der Waals surface area contributed by atoms with Crippen LogP contribution < -0.4 is 9.47 Å². The molecular formula is C34H36N2O6. The van der Waals surface area contributed by atoms with Crippen molar-refractivity contribution in [3.63, 3.8) is 0 Å². The molecule has 0 aromatic heterocycles. The molecule has 0 N–H and O–H groups in total. The average molecular weight is 569 g/mol. The number of fused-ring (bicyclic) bond motifs is 1. The van der Waals surface area contributed by atoms with Crippen LogP contribution in [0.25, 0.3) is 0 Å². The van der Waals surface area contributed by atoms with Crippen molar-refractivity contribution in [1.29, 1.82) is 5.26 Å². The molecule has 0 unspecified atom stereocenters. The molecule has 218 valence electrons. The molecule has 1 aliphatic carbocycles. The molecule has 1 aliphatic heterocycles. The van der Waals surface area contributed by atoms with Gasteiger partial charge in [0.15, 0.2) is 17.6 Å². The third-order valence-corrected chi connectivity index (χ3v) is 7.92. The molecule has 0 saturated heterocycles. The molecule has 1 saturated carbocycles. The van der Waals surface area contributed by atoms with Gasteiger partial charge in [0.2, 0.25) is 0 Å². The first-order chi connectivity index (χ1) is 20.5. The molecule has 2 atom stereocenters. The van der Waals surface area contributed by atoms with E-state index in [0.717, 1.165) is 47.9 Å². The summed E-state index contributed by atoms with van der Waals surface area (Å²) in [5.74, 6) is 0.344. The number of methoxy groups -OCH3 is 1. The first-order valence-corrected chi connectivity index (χ1v) is 14.5. The van der Waals surface area contributed by atoms with Gasteiger partial charge in [-0.05, 0) is 54.7 Å². The Bertz CT molecular complexity index is 1430. The van der Waals surface area contributed by atoms with Crippen LogP contribution in [0.1, 0.15) is 66.5 Å². The third kappa shape index (κ3) is 6.42. The number of nitriles is 1. The summed E-state index contributed by atoms with van der Waals surface area (Å²) in [6, 6.07) is 21.7. The number of esters is 1. The number of ether oxygens (including phenoxy) is 4. The molecule has 1 amide bonds. The van der Waals surface area contributed by atoms with Gasteiger partial charge in [-0.3, -0.25) is 4.79 Å². The maximum absolute atomic E-state index is 14.3. The van der Waals surface area contributed by atoms with E-state index in [1.165, 1.54) is 0 Å². The molecule has 8 nitrogen and oxygen atoms in total. The predicted octanol–water partition coefficient (Wildman–Crippen LogP) is 5.66. The van der Waals surface area contributed by atoms with Crippen LogP contribution in [0, 0.1) is 11.3 Å². The Morgan fingerprint density at radius 1 is 1.02 bits per heavy atom. The Hall–Kier alpha value is -4.35. The van der Waals surface area contributed by atoms with Gasteiger partial charge in [0.1, 0.15) is 12.6 Å². The Kier molecular flexibility index (Phi) is 9.40. The fourth-order valence-electron chi connectivity index (χ4n) is 5.72. The van der Waals surface area contributed by atoms with Crippen molar-refractivity contribution in [3.05, 3.63) is 94.5 Å². The minimum atomic E-state index is -0.854. The Morgan fingerprint density at radius 2 is 1.76 bits per heavy atom. The van der Waals surface area contributed by atoms with Crippen LogP contribution in [0.4, 0.5) is 0 Å². The predicted molar refractivity (Wildman–Crippen MR) is 156 cm³/mol. The number of amides is 1. The Balaban J connectivity index is 1.47. The lowest BCUT2D eigenvalue weighted by atomic mass is 9.91. The van der Waals surface area contributed by atoms with E-state index in [0.29, 0.717) is 17.1 Å². The second-order valence-corrected chi connectivity index (χ2v) is 10.6. The molecule has 0 spiro atoms. The summed E-state index contributed by atoms with van der Waals surface area (Å²) in [5.41, 5.74) is 3.90. The summed E-state index contributed by atoms with van der Waals surface area (Å²) in [7, 11) is 1.57. The quantitative estimate of drug-likeness (QED) is 0.291. The monoisotopic (exact) mass is 568 g/mol. The lowest BCUT2D eigenvalue weighted by Gasteiger charge is -2.38. The molecule has 3 aromatic rings. The molecule has 0 radical (unpaired) electrons. The van der Waals surface area contributed by atoms with E-state index in [2.05, 4.69) is 6.07 Å². The molecule has 5 rings (SSSR count). The van der Waals surface area contributed by atoms with Crippen molar-refractivity contribution in [3.8, 4) is 17.6 Å². The van der Waals surface area contributed by atoms with Gasteiger partial charge in [0.05, 0.1) is 31.5 Å². The van der Waals surface area contributed by atoms with Crippen LogP contribution in [-0.2, 0) is 38.6 Å². The fourth-order valence-corrected chi connectivity index (χ4v) is 5.72. The van der Waals surface area contributed by atoms with Crippen molar-refractivity contribution in [2.45, 2.75) is 70.4 Å². The zero-order chi connectivity index (χ0) is 29.5. The van der Waals surface area contributed by atoms with Crippen molar-refractivity contribution in [1.82, 2.24) is 4.90 Å². The smallest absolute Gasteiger partial charge is 0.329 e.